The minimum absolute atomic E-state index is 0.0920. The van der Waals surface area contributed by atoms with E-state index in [-0.39, 0.29) is 6.61 Å². The molecule has 1 saturated heterocycles. The van der Waals surface area contributed by atoms with Gasteiger partial charge in [0.2, 0.25) is 5.91 Å². The Hall–Kier alpha value is -1.15. The van der Waals surface area contributed by atoms with Gasteiger partial charge in [-0.05, 0) is 6.42 Å². The Balaban J connectivity index is 2.71. The van der Waals surface area contributed by atoms with Crippen LogP contribution in [0, 0.1) is 0 Å². The summed E-state index contributed by atoms with van der Waals surface area (Å²) < 4.78 is 28.6. The molecule has 1 heterocycles. The molecule has 0 aromatic rings. The largest absolute Gasteiger partial charge is 0.480 e. The van der Waals surface area contributed by atoms with E-state index in [0.717, 1.165) is 6.92 Å². The molecular weight excluding hydrogens is 250 g/mol. The van der Waals surface area contributed by atoms with E-state index in [1.807, 2.05) is 0 Å². The van der Waals surface area contributed by atoms with Crippen molar-refractivity contribution < 1.29 is 27.9 Å². The number of hydrogen-bond acceptors (Lipinski definition) is 5. The lowest BCUT2D eigenvalue weighted by Gasteiger charge is -2.16. The summed E-state index contributed by atoms with van der Waals surface area (Å²) in [7, 11) is -3.57. The number of sulfone groups is 1. The van der Waals surface area contributed by atoms with Crippen LogP contribution in [0.5, 0.6) is 0 Å². The van der Waals surface area contributed by atoms with Gasteiger partial charge >= 0.3 is 5.97 Å². The van der Waals surface area contributed by atoms with Gasteiger partial charge in [-0.15, -0.1) is 0 Å². The van der Waals surface area contributed by atoms with E-state index in [4.69, 9.17) is 9.84 Å². The quantitative estimate of drug-likeness (QED) is 0.644. The van der Waals surface area contributed by atoms with E-state index in [9.17, 15) is 18.0 Å². The molecule has 1 aliphatic rings. The maximum absolute atomic E-state index is 11.8. The molecule has 1 aliphatic heterocycles. The first kappa shape index (κ1) is 13.9. The van der Waals surface area contributed by atoms with Gasteiger partial charge in [-0.25, -0.2) is 13.2 Å². The maximum Gasteiger partial charge on any atom is 0.327 e. The Bertz CT molecular complexity index is 398. The first-order valence-electron chi connectivity index (χ1n) is 5.12. The number of ether oxygens (including phenoxy) is 1. The molecule has 7 nitrogen and oxygen atoms in total. The number of aliphatic carboxylic acids is 1. The lowest BCUT2D eigenvalue weighted by atomic mass is 10.3. The van der Waals surface area contributed by atoms with Crippen molar-refractivity contribution in [1.29, 1.82) is 0 Å². The van der Waals surface area contributed by atoms with E-state index in [1.165, 1.54) is 0 Å². The molecular formula is C9H15NO6S. The predicted molar refractivity (Wildman–Crippen MR) is 58.3 cm³/mol. The average molecular weight is 265 g/mol. The van der Waals surface area contributed by atoms with E-state index in [1.54, 1.807) is 0 Å². The number of carbonyl (C=O) groups is 2. The third-order valence-electron chi connectivity index (χ3n) is 2.47. The number of hydrogen-bond donors (Lipinski definition) is 2. The second-order valence-electron chi connectivity index (χ2n) is 3.91. The van der Waals surface area contributed by atoms with Gasteiger partial charge in [0.25, 0.3) is 0 Å². The summed E-state index contributed by atoms with van der Waals surface area (Å²) in [6, 6.07) is -1.40. The molecule has 0 saturated carbocycles. The summed E-state index contributed by atoms with van der Waals surface area (Å²) in [5.74, 6) is -2.53. The molecule has 17 heavy (non-hydrogen) atoms. The van der Waals surface area contributed by atoms with Crippen molar-refractivity contribution in [1.82, 2.24) is 5.32 Å². The zero-order valence-electron chi connectivity index (χ0n) is 9.38. The van der Waals surface area contributed by atoms with Crippen molar-refractivity contribution in [2.24, 2.45) is 0 Å². The van der Waals surface area contributed by atoms with Crippen LogP contribution in [0.15, 0.2) is 0 Å². The third kappa shape index (κ3) is 3.97. The molecule has 0 aliphatic carbocycles. The number of amides is 1. The fourth-order valence-electron chi connectivity index (χ4n) is 1.58. The average Bonchev–Trinajstić information content (AvgIpc) is 2.68. The van der Waals surface area contributed by atoms with Gasteiger partial charge in [0.15, 0.2) is 9.84 Å². The second kappa shape index (κ2) is 5.46. The van der Waals surface area contributed by atoms with Crippen molar-refractivity contribution in [2.75, 3.05) is 19.0 Å². The summed E-state index contributed by atoms with van der Waals surface area (Å²) in [4.78, 5) is 21.6. The molecule has 0 radical (unpaired) electrons. The standard InChI is InChI=1S/C9H15NO6S/c1-6(11)10-8(9(12)13)5-17(14,15)7-2-3-16-4-7/h7-8H,2-5H2,1H3,(H,10,11)(H,12,13)/t7?,8-/m0/s1. The summed E-state index contributed by atoms with van der Waals surface area (Å²) in [6.45, 7) is 1.59. The predicted octanol–water partition coefficient (Wildman–Crippen LogP) is -1.22. The van der Waals surface area contributed by atoms with Crippen LogP contribution >= 0.6 is 0 Å². The van der Waals surface area contributed by atoms with Crippen LogP contribution in [-0.2, 0) is 24.2 Å². The third-order valence-corrected chi connectivity index (χ3v) is 4.66. The fourth-order valence-corrected chi connectivity index (χ4v) is 3.31. The minimum Gasteiger partial charge on any atom is -0.480 e. The lowest BCUT2D eigenvalue weighted by molar-refractivity contribution is -0.140. The highest BCUT2D eigenvalue weighted by molar-refractivity contribution is 7.92. The van der Waals surface area contributed by atoms with Gasteiger partial charge < -0.3 is 15.2 Å². The molecule has 0 spiro atoms. The molecule has 98 valence electrons. The van der Waals surface area contributed by atoms with E-state index >= 15 is 0 Å². The van der Waals surface area contributed by atoms with Crippen LogP contribution in [0.3, 0.4) is 0 Å². The summed E-state index contributed by atoms with van der Waals surface area (Å²) in [5, 5.41) is 10.2. The van der Waals surface area contributed by atoms with Gasteiger partial charge in [-0.3, -0.25) is 4.79 Å². The number of rotatable bonds is 5. The highest BCUT2D eigenvalue weighted by atomic mass is 32.2. The van der Waals surface area contributed by atoms with Crippen LogP contribution in [-0.4, -0.2) is 55.7 Å². The maximum atomic E-state index is 11.8. The fraction of sp³-hybridized carbons (Fsp3) is 0.778. The monoisotopic (exact) mass is 265 g/mol. The first-order valence-corrected chi connectivity index (χ1v) is 6.83. The lowest BCUT2D eigenvalue weighted by Crippen LogP contribution is -2.46. The zero-order chi connectivity index (χ0) is 13.1. The van der Waals surface area contributed by atoms with Gasteiger partial charge in [0, 0.05) is 13.5 Å². The van der Waals surface area contributed by atoms with Crippen LogP contribution in [0.25, 0.3) is 0 Å². The number of nitrogens with one attached hydrogen (secondary N) is 1. The molecule has 2 atom stereocenters. The molecule has 0 aromatic heterocycles. The first-order chi connectivity index (χ1) is 7.83. The van der Waals surface area contributed by atoms with Gasteiger partial charge in [0.05, 0.1) is 17.6 Å². The SMILES string of the molecule is CC(=O)N[C@@H](CS(=O)(=O)C1CCOC1)C(=O)O. The second-order valence-corrected chi connectivity index (χ2v) is 6.23. The van der Waals surface area contributed by atoms with Crippen molar-refractivity contribution in [3.63, 3.8) is 0 Å². The molecule has 1 rings (SSSR count). The van der Waals surface area contributed by atoms with E-state index < -0.39 is 38.8 Å². The Labute approximate surface area is 99.1 Å². The van der Waals surface area contributed by atoms with Crippen LogP contribution in [0.4, 0.5) is 0 Å². The van der Waals surface area contributed by atoms with Crippen LogP contribution < -0.4 is 5.32 Å². The van der Waals surface area contributed by atoms with Crippen LogP contribution in [0.1, 0.15) is 13.3 Å². The van der Waals surface area contributed by atoms with Crippen LogP contribution in [0.2, 0.25) is 0 Å². The number of carbonyl (C=O) groups excluding carboxylic acids is 1. The Morgan fingerprint density at radius 3 is 2.59 bits per heavy atom. The molecule has 8 heteroatoms. The highest BCUT2D eigenvalue weighted by Crippen LogP contribution is 2.15. The van der Waals surface area contributed by atoms with Gasteiger partial charge in [0.1, 0.15) is 6.04 Å². The molecule has 2 N–H and O–H groups in total. The van der Waals surface area contributed by atoms with Crippen molar-refractivity contribution in [2.45, 2.75) is 24.6 Å². The Kier molecular flexibility index (Phi) is 4.47. The molecule has 0 aromatic carbocycles. The minimum atomic E-state index is -3.57. The Morgan fingerprint density at radius 1 is 1.53 bits per heavy atom. The number of carboxylic acid groups (broad SMARTS) is 1. The summed E-state index contributed by atoms with van der Waals surface area (Å²) in [5.41, 5.74) is 0. The van der Waals surface area contributed by atoms with Gasteiger partial charge in [-0.1, -0.05) is 0 Å². The smallest absolute Gasteiger partial charge is 0.327 e. The molecule has 0 bridgehead atoms. The van der Waals surface area contributed by atoms with Crippen molar-refractivity contribution in [3.05, 3.63) is 0 Å². The molecule has 1 amide bonds. The van der Waals surface area contributed by atoms with E-state index in [2.05, 4.69) is 5.32 Å². The topological polar surface area (TPSA) is 110 Å². The molecule has 1 fully saturated rings. The summed E-state index contributed by atoms with van der Waals surface area (Å²) >= 11 is 0. The van der Waals surface area contributed by atoms with Crippen molar-refractivity contribution >= 4 is 21.7 Å². The normalized spacial score (nSPS) is 22.1. The van der Waals surface area contributed by atoms with Crippen molar-refractivity contribution in [3.8, 4) is 0 Å². The highest BCUT2D eigenvalue weighted by Gasteiger charge is 2.34. The Morgan fingerprint density at radius 2 is 2.18 bits per heavy atom. The summed E-state index contributed by atoms with van der Waals surface area (Å²) in [6.07, 6.45) is 0.370. The van der Waals surface area contributed by atoms with E-state index in [0.29, 0.717) is 13.0 Å². The van der Waals surface area contributed by atoms with Gasteiger partial charge in [-0.2, -0.15) is 0 Å². The zero-order valence-corrected chi connectivity index (χ0v) is 10.2. The molecule has 1 unspecified atom stereocenters. The number of carboxylic acids is 1.